The van der Waals surface area contributed by atoms with Crippen molar-refractivity contribution in [1.82, 2.24) is 9.97 Å². The molecule has 3 rings (SSSR count). The van der Waals surface area contributed by atoms with Crippen LogP contribution in [0, 0.1) is 19.8 Å². The molecule has 4 nitrogen and oxygen atoms in total. The fourth-order valence-corrected chi connectivity index (χ4v) is 3.38. The molecule has 2 aromatic rings. The highest BCUT2D eigenvalue weighted by Gasteiger charge is 2.17. The van der Waals surface area contributed by atoms with Crippen molar-refractivity contribution >= 4 is 29.1 Å². The first-order valence-corrected chi connectivity index (χ1v) is 8.52. The molecule has 0 unspecified atom stereocenters. The van der Waals surface area contributed by atoms with Crippen LogP contribution in [-0.2, 0) is 0 Å². The molecule has 0 saturated carbocycles. The Morgan fingerprint density at radius 3 is 2.65 bits per heavy atom. The summed E-state index contributed by atoms with van der Waals surface area (Å²) in [6.07, 6.45) is 4.24. The number of aryl methyl sites for hydroxylation is 2. The van der Waals surface area contributed by atoms with Gasteiger partial charge in [0.05, 0.1) is 10.7 Å². The van der Waals surface area contributed by atoms with Crippen molar-refractivity contribution in [2.45, 2.75) is 33.6 Å². The summed E-state index contributed by atoms with van der Waals surface area (Å²) < 4.78 is 0. The van der Waals surface area contributed by atoms with Gasteiger partial charge in [-0.05, 0) is 55.9 Å². The van der Waals surface area contributed by atoms with Crippen molar-refractivity contribution in [3.05, 3.63) is 40.5 Å². The molecule has 0 atom stereocenters. The second-order valence-electron chi connectivity index (χ2n) is 6.47. The minimum atomic E-state index is 0.593. The number of nitrogens with one attached hydrogen (secondary N) is 1. The lowest BCUT2D eigenvalue weighted by Crippen LogP contribution is -2.33. The molecule has 5 heteroatoms. The predicted octanol–water partition coefficient (Wildman–Crippen LogP) is 4.73. The molecule has 23 heavy (non-hydrogen) atoms. The Bertz CT molecular complexity index is 670. The first-order valence-electron chi connectivity index (χ1n) is 8.14. The number of anilines is 3. The molecule has 0 spiro atoms. The van der Waals surface area contributed by atoms with Gasteiger partial charge in [0, 0.05) is 19.3 Å². The molecule has 2 heterocycles. The Balaban J connectivity index is 1.81. The second-order valence-corrected chi connectivity index (χ2v) is 6.88. The summed E-state index contributed by atoms with van der Waals surface area (Å²) >= 11 is 6.36. The van der Waals surface area contributed by atoms with E-state index in [0.717, 1.165) is 41.6 Å². The van der Waals surface area contributed by atoms with Gasteiger partial charge in [-0.2, -0.15) is 4.98 Å². The van der Waals surface area contributed by atoms with Crippen molar-refractivity contribution in [1.29, 1.82) is 0 Å². The van der Waals surface area contributed by atoms with Crippen LogP contribution in [0.1, 0.15) is 30.9 Å². The predicted molar refractivity (Wildman–Crippen MR) is 96.9 cm³/mol. The average Bonchev–Trinajstić information content (AvgIpc) is 2.52. The maximum atomic E-state index is 6.36. The molecule has 1 aromatic heterocycles. The second kappa shape index (κ2) is 6.75. The summed E-state index contributed by atoms with van der Waals surface area (Å²) in [4.78, 5) is 11.3. The van der Waals surface area contributed by atoms with E-state index in [0.29, 0.717) is 11.0 Å². The van der Waals surface area contributed by atoms with Crippen LogP contribution in [0.15, 0.2) is 24.4 Å². The minimum absolute atomic E-state index is 0.593. The smallest absolute Gasteiger partial charge is 0.229 e. The molecule has 1 aliphatic rings. The van der Waals surface area contributed by atoms with Crippen LogP contribution in [0.5, 0.6) is 0 Å². The third-order valence-corrected chi connectivity index (χ3v) is 4.72. The van der Waals surface area contributed by atoms with Gasteiger partial charge in [0.2, 0.25) is 5.95 Å². The van der Waals surface area contributed by atoms with Crippen molar-refractivity contribution in [3.63, 3.8) is 0 Å². The number of piperidine rings is 1. The summed E-state index contributed by atoms with van der Waals surface area (Å²) in [7, 11) is 0. The first kappa shape index (κ1) is 16.1. The number of hydrogen-bond donors (Lipinski definition) is 1. The normalized spacial score (nSPS) is 15.7. The van der Waals surface area contributed by atoms with Gasteiger partial charge in [0.1, 0.15) is 5.82 Å². The number of benzene rings is 1. The van der Waals surface area contributed by atoms with E-state index in [2.05, 4.69) is 33.2 Å². The molecule has 1 N–H and O–H groups in total. The van der Waals surface area contributed by atoms with Crippen LogP contribution in [0.25, 0.3) is 0 Å². The van der Waals surface area contributed by atoms with Crippen LogP contribution in [0.2, 0.25) is 5.02 Å². The highest BCUT2D eigenvalue weighted by Crippen LogP contribution is 2.30. The van der Waals surface area contributed by atoms with Gasteiger partial charge < -0.3 is 10.2 Å². The van der Waals surface area contributed by atoms with Gasteiger partial charge in [-0.15, -0.1) is 0 Å². The zero-order valence-electron chi connectivity index (χ0n) is 13.9. The van der Waals surface area contributed by atoms with E-state index < -0.39 is 0 Å². The van der Waals surface area contributed by atoms with Gasteiger partial charge in [-0.3, -0.25) is 0 Å². The van der Waals surface area contributed by atoms with Gasteiger partial charge >= 0.3 is 0 Å². The zero-order chi connectivity index (χ0) is 16.4. The zero-order valence-corrected chi connectivity index (χ0v) is 14.7. The van der Waals surface area contributed by atoms with Crippen LogP contribution in [0.4, 0.5) is 17.5 Å². The van der Waals surface area contributed by atoms with Crippen LogP contribution in [0.3, 0.4) is 0 Å². The minimum Gasteiger partial charge on any atom is -0.356 e. The maximum Gasteiger partial charge on any atom is 0.229 e. The van der Waals surface area contributed by atoms with Crippen LogP contribution >= 0.6 is 11.6 Å². The SMILES string of the molecule is Cc1cc(C)c(Nc2nccc(N3CCC(C)CC3)n2)c(Cl)c1. The van der Waals surface area contributed by atoms with Crippen molar-refractivity contribution < 1.29 is 0 Å². The van der Waals surface area contributed by atoms with E-state index in [9.17, 15) is 0 Å². The van der Waals surface area contributed by atoms with Gasteiger partial charge in [-0.25, -0.2) is 4.98 Å². The monoisotopic (exact) mass is 330 g/mol. The summed E-state index contributed by atoms with van der Waals surface area (Å²) in [5.74, 6) is 2.38. The average molecular weight is 331 g/mol. The summed E-state index contributed by atoms with van der Waals surface area (Å²) in [6, 6.07) is 6.03. The Morgan fingerprint density at radius 2 is 1.96 bits per heavy atom. The fourth-order valence-electron chi connectivity index (χ4n) is 3.01. The van der Waals surface area contributed by atoms with Crippen LogP contribution < -0.4 is 10.2 Å². The topological polar surface area (TPSA) is 41.1 Å². The quantitative estimate of drug-likeness (QED) is 0.883. The molecule has 0 radical (unpaired) electrons. The van der Waals surface area contributed by atoms with Gasteiger partial charge in [0.25, 0.3) is 0 Å². The highest BCUT2D eigenvalue weighted by molar-refractivity contribution is 6.33. The number of aromatic nitrogens is 2. The van der Waals surface area contributed by atoms with Crippen molar-refractivity contribution in [2.75, 3.05) is 23.3 Å². The summed E-state index contributed by atoms with van der Waals surface area (Å²) in [5, 5.41) is 3.97. The molecule has 0 bridgehead atoms. The lowest BCUT2D eigenvalue weighted by Gasteiger charge is -2.31. The molecule has 1 saturated heterocycles. The van der Waals surface area contributed by atoms with E-state index in [1.54, 1.807) is 6.20 Å². The van der Waals surface area contributed by atoms with Crippen molar-refractivity contribution in [2.24, 2.45) is 5.92 Å². The maximum absolute atomic E-state index is 6.36. The fraction of sp³-hybridized carbons (Fsp3) is 0.444. The number of nitrogens with zero attached hydrogens (tertiary/aromatic N) is 3. The van der Waals surface area contributed by atoms with E-state index >= 15 is 0 Å². The lowest BCUT2D eigenvalue weighted by molar-refractivity contribution is 0.436. The van der Waals surface area contributed by atoms with E-state index in [1.807, 2.05) is 26.0 Å². The third kappa shape index (κ3) is 3.75. The standard InChI is InChI=1S/C18H23ClN4/c1-12-5-8-23(9-6-12)16-4-7-20-18(21-16)22-17-14(3)10-13(2)11-15(17)19/h4,7,10-12H,5-6,8-9H2,1-3H3,(H,20,21,22). The molecule has 1 fully saturated rings. The number of rotatable bonds is 3. The molecule has 1 aliphatic heterocycles. The van der Waals surface area contributed by atoms with E-state index in [-0.39, 0.29) is 0 Å². The summed E-state index contributed by atoms with van der Waals surface area (Å²) in [5.41, 5.74) is 3.12. The van der Waals surface area contributed by atoms with E-state index in [1.165, 1.54) is 12.8 Å². The Morgan fingerprint density at radius 1 is 1.22 bits per heavy atom. The Labute approximate surface area is 142 Å². The largest absolute Gasteiger partial charge is 0.356 e. The number of hydrogen-bond acceptors (Lipinski definition) is 4. The Hall–Kier alpha value is -1.81. The molecule has 0 aliphatic carbocycles. The molecular formula is C18H23ClN4. The summed E-state index contributed by atoms with van der Waals surface area (Å²) in [6.45, 7) is 8.50. The number of halogens is 1. The molecule has 122 valence electrons. The lowest BCUT2D eigenvalue weighted by atomic mass is 9.99. The molecular weight excluding hydrogens is 308 g/mol. The molecule has 1 aromatic carbocycles. The first-order chi connectivity index (χ1) is 11.0. The highest BCUT2D eigenvalue weighted by atomic mass is 35.5. The van der Waals surface area contributed by atoms with Crippen molar-refractivity contribution in [3.8, 4) is 0 Å². The molecule has 0 amide bonds. The van der Waals surface area contributed by atoms with E-state index in [4.69, 9.17) is 11.6 Å². The Kier molecular flexibility index (Phi) is 4.71. The van der Waals surface area contributed by atoms with Gasteiger partial charge in [-0.1, -0.05) is 24.6 Å². The third-order valence-electron chi connectivity index (χ3n) is 4.42. The van der Waals surface area contributed by atoms with Gasteiger partial charge in [0.15, 0.2) is 0 Å². The van der Waals surface area contributed by atoms with Crippen LogP contribution in [-0.4, -0.2) is 23.1 Å².